The second-order valence-electron chi connectivity index (χ2n) is 4.33. The number of amides is 1. The average molecular weight is 250 g/mol. The van der Waals surface area contributed by atoms with Gasteiger partial charge in [0.2, 0.25) is 5.91 Å². The van der Waals surface area contributed by atoms with Gasteiger partial charge in [-0.2, -0.15) is 0 Å². The summed E-state index contributed by atoms with van der Waals surface area (Å²) >= 11 is 0. The molecule has 1 aromatic carbocycles. The summed E-state index contributed by atoms with van der Waals surface area (Å²) in [5.74, 6) is 0.781. The van der Waals surface area contributed by atoms with Gasteiger partial charge in [-0.3, -0.25) is 4.79 Å². The molecule has 0 aliphatic rings. The van der Waals surface area contributed by atoms with Gasteiger partial charge in [-0.15, -0.1) is 0 Å². The zero-order chi connectivity index (χ0) is 13.5. The van der Waals surface area contributed by atoms with E-state index in [1.807, 2.05) is 36.1 Å². The van der Waals surface area contributed by atoms with Crippen molar-refractivity contribution >= 4 is 5.91 Å². The van der Waals surface area contributed by atoms with E-state index < -0.39 is 0 Å². The molecule has 0 bridgehead atoms. The van der Waals surface area contributed by atoms with Crippen LogP contribution in [0.2, 0.25) is 0 Å². The first-order chi connectivity index (χ1) is 8.62. The Kier molecular flexibility index (Phi) is 5.65. The molecule has 0 heterocycles. The van der Waals surface area contributed by atoms with Crippen LogP contribution in [0.15, 0.2) is 24.3 Å². The monoisotopic (exact) mass is 250 g/mol. The van der Waals surface area contributed by atoms with Gasteiger partial charge >= 0.3 is 0 Å². The van der Waals surface area contributed by atoms with Crippen molar-refractivity contribution in [3.05, 3.63) is 29.8 Å². The number of hydrogen-bond acceptors (Lipinski definition) is 3. The second kappa shape index (κ2) is 7.01. The molecule has 100 valence electrons. The van der Waals surface area contributed by atoms with E-state index in [0.717, 1.165) is 17.7 Å². The third-order valence-corrected chi connectivity index (χ3v) is 3.10. The maximum Gasteiger partial charge on any atom is 0.236 e. The van der Waals surface area contributed by atoms with E-state index in [-0.39, 0.29) is 18.5 Å². The molecular formula is C14H22N2O2. The summed E-state index contributed by atoms with van der Waals surface area (Å²) < 4.78 is 5.18. The van der Waals surface area contributed by atoms with Gasteiger partial charge in [-0.25, -0.2) is 0 Å². The second-order valence-corrected chi connectivity index (χ2v) is 4.33. The molecule has 0 aliphatic heterocycles. The number of nitrogens with zero attached hydrogens (tertiary/aromatic N) is 1. The molecule has 0 fully saturated rings. The van der Waals surface area contributed by atoms with Crippen LogP contribution in [0.1, 0.15) is 25.8 Å². The van der Waals surface area contributed by atoms with Crippen LogP contribution < -0.4 is 10.5 Å². The van der Waals surface area contributed by atoms with Crippen LogP contribution in [0, 0.1) is 0 Å². The van der Waals surface area contributed by atoms with Gasteiger partial charge in [0.1, 0.15) is 5.75 Å². The topological polar surface area (TPSA) is 55.6 Å². The lowest BCUT2D eigenvalue weighted by Gasteiger charge is -2.28. The summed E-state index contributed by atoms with van der Waals surface area (Å²) in [6.45, 7) is 4.72. The predicted octanol–water partition coefficient (Wildman–Crippen LogP) is 1.78. The van der Waals surface area contributed by atoms with E-state index >= 15 is 0 Å². The lowest BCUT2D eigenvalue weighted by atomic mass is 10.1. The number of ether oxygens (including phenoxy) is 1. The van der Waals surface area contributed by atoms with Crippen LogP contribution >= 0.6 is 0 Å². The number of carbonyl (C=O) groups excluding carboxylic acids is 1. The van der Waals surface area contributed by atoms with Gasteiger partial charge in [0.25, 0.3) is 0 Å². The van der Waals surface area contributed by atoms with Crippen molar-refractivity contribution in [2.75, 3.05) is 13.7 Å². The normalized spacial score (nSPS) is 12.0. The SMILES string of the molecule is CCC(C)N(Cc1cccc(OC)c1)C(=O)CN. The molecule has 2 N–H and O–H groups in total. The molecule has 4 nitrogen and oxygen atoms in total. The Labute approximate surface area is 109 Å². The molecule has 0 aromatic heterocycles. The first-order valence-electron chi connectivity index (χ1n) is 6.24. The first kappa shape index (κ1) is 14.5. The lowest BCUT2D eigenvalue weighted by molar-refractivity contribution is -0.132. The quantitative estimate of drug-likeness (QED) is 0.837. The fraction of sp³-hybridized carbons (Fsp3) is 0.500. The van der Waals surface area contributed by atoms with E-state index in [9.17, 15) is 4.79 Å². The van der Waals surface area contributed by atoms with Gasteiger partial charge < -0.3 is 15.4 Å². The van der Waals surface area contributed by atoms with E-state index in [0.29, 0.717) is 6.54 Å². The minimum atomic E-state index is -0.0211. The van der Waals surface area contributed by atoms with E-state index in [1.165, 1.54) is 0 Å². The Morgan fingerprint density at radius 2 is 2.22 bits per heavy atom. The molecule has 1 aromatic rings. The minimum Gasteiger partial charge on any atom is -0.497 e. The molecule has 18 heavy (non-hydrogen) atoms. The van der Waals surface area contributed by atoms with Crippen molar-refractivity contribution in [3.63, 3.8) is 0 Å². The maximum absolute atomic E-state index is 11.8. The number of carbonyl (C=O) groups is 1. The average Bonchev–Trinajstić information content (AvgIpc) is 2.43. The Morgan fingerprint density at radius 3 is 2.78 bits per heavy atom. The highest BCUT2D eigenvalue weighted by atomic mass is 16.5. The molecule has 1 unspecified atom stereocenters. The van der Waals surface area contributed by atoms with E-state index in [4.69, 9.17) is 10.5 Å². The van der Waals surface area contributed by atoms with Crippen LogP contribution in [0.3, 0.4) is 0 Å². The van der Waals surface area contributed by atoms with Crippen molar-refractivity contribution in [2.45, 2.75) is 32.9 Å². The van der Waals surface area contributed by atoms with Crippen LogP contribution in [0.5, 0.6) is 5.75 Å². The fourth-order valence-corrected chi connectivity index (χ4v) is 1.79. The smallest absolute Gasteiger partial charge is 0.236 e. The predicted molar refractivity (Wildman–Crippen MR) is 72.4 cm³/mol. The molecule has 0 radical (unpaired) electrons. The zero-order valence-electron chi connectivity index (χ0n) is 11.3. The van der Waals surface area contributed by atoms with E-state index in [1.54, 1.807) is 7.11 Å². The molecule has 0 saturated carbocycles. The summed E-state index contributed by atoms with van der Waals surface area (Å²) in [6, 6.07) is 7.94. The van der Waals surface area contributed by atoms with Gasteiger partial charge in [-0.05, 0) is 31.0 Å². The molecule has 4 heteroatoms. The Balaban J connectivity index is 2.85. The number of rotatable bonds is 6. The summed E-state index contributed by atoms with van der Waals surface area (Å²) in [6.07, 6.45) is 0.912. The van der Waals surface area contributed by atoms with Crippen LogP contribution in [-0.2, 0) is 11.3 Å². The molecular weight excluding hydrogens is 228 g/mol. The summed E-state index contributed by atoms with van der Waals surface area (Å²) in [4.78, 5) is 13.7. The van der Waals surface area contributed by atoms with Crippen LogP contribution in [0.4, 0.5) is 0 Å². The van der Waals surface area contributed by atoms with Crippen LogP contribution in [0.25, 0.3) is 0 Å². The van der Waals surface area contributed by atoms with Crippen molar-refractivity contribution in [1.82, 2.24) is 4.90 Å². The van der Waals surface area contributed by atoms with Crippen molar-refractivity contribution in [1.29, 1.82) is 0 Å². The Morgan fingerprint density at radius 1 is 1.50 bits per heavy atom. The molecule has 0 saturated heterocycles. The fourth-order valence-electron chi connectivity index (χ4n) is 1.79. The Bertz CT molecular complexity index is 393. The van der Waals surface area contributed by atoms with Crippen molar-refractivity contribution in [3.8, 4) is 5.75 Å². The highest BCUT2D eigenvalue weighted by molar-refractivity contribution is 5.78. The van der Waals surface area contributed by atoms with Gasteiger partial charge in [0.15, 0.2) is 0 Å². The zero-order valence-corrected chi connectivity index (χ0v) is 11.3. The summed E-state index contributed by atoms with van der Waals surface area (Å²) in [5, 5.41) is 0. The third kappa shape index (κ3) is 3.74. The van der Waals surface area contributed by atoms with Crippen molar-refractivity contribution in [2.24, 2.45) is 5.73 Å². The van der Waals surface area contributed by atoms with Gasteiger partial charge in [0.05, 0.1) is 13.7 Å². The van der Waals surface area contributed by atoms with E-state index in [2.05, 4.69) is 6.92 Å². The molecule has 1 rings (SSSR count). The third-order valence-electron chi connectivity index (χ3n) is 3.10. The first-order valence-corrected chi connectivity index (χ1v) is 6.24. The highest BCUT2D eigenvalue weighted by Crippen LogP contribution is 2.16. The maximum atomic E-state index is 11.8. The highest BCUT2D eigenvalue weighted by Gasteiger charge is 2.17. The summed E-state index contributed by atoms with van der Waals surface area (Å²) in [5.41, 5.74) is 6.51. The molecule has 1 amide bonds. The molecule has 0 aliphatic carbocycles. The standard InChI is InChI=1S/C14H22N2O2/c1-4-11(2)16(14(17)9-15)10-12-6-5-7-13(8-12)18-3/h5-8,11H,4,9-10,15H2,1-3H3. The van der Waals surface area contributed by atoms with Gasteiger partial charge in [0, 0.05) is 12.6 Å². The number of nitrogens with two attached hydrogens (primary N) is 1. The molecule has 1 atom stereocenters. The molecule has 0 spiro atoms. The lowest BCUT2D eigenvalue weighted by Crippen LogP contribution is -2.41. The Hall–Kier alpha value is -1.55. The minimum absolute atomic E-state index is 0.0211. The van der Waals surface area contributed by atoms with Crippen LogP contribution in [-0.4, -0.2) is 30.5 Å². The largest absolute Gasteiger partial charge is 0.497 e. The number of benzene rings is 1. The number of methoxy groups -OCH3 is 1. The van der Waals surface area contributed by atoms with Crippen molar-refractivity contribution < 1.29 is 9.53 Å². The number of hydrogen-bond donors (Lipinski definition) is 1. The van der Waals surface area contributed by atoms with Gasteiger partial charge in [-0.1, -0.05) is 19.1 Å². The summed E-state index contributed by atoms with van der Waals surface area (Å²) in [7, 11) is 1.64.